The quantitative estimate of drug-likeness (QED) is 0.854. The van der Waals surface area contributed by atoms with Crippen molar-refractivity contribution in [2.24, 2.45) is 0 Å². The fourth-order valence-electron chi connectivity index (χ4n) is 1.69. The molecule has 1 heterocycles. The molecular formula is C13H12F4N2O. The number of pyridine rings is 1. The molecular weight excluding hydrogens is 276 g/mol. The van der Waals surface area contributed by atoms with E-state index in [1.807, 2.05) is 0 Å². The summed E-state index contributed by atoms with van der Waals surface area (Å²) in [5.74, 6) is -3.47. The van der Waals surface area contributed by atoms with Gasteiger partial charge in [-0.3, -0.25) is 0 Å². The minimum Gasteiger partial charge on any atom is -0.497 e. The van der Waals surface area contributed by atoms with Gasteiger partial charge in [0.15, 0.2) is 0 Å². The van der Waals surface area contributed by atoms with Crippen molar-refractivity contribution in [1.82, 2.24) is 4.98 Å². The molecule has 1 aromatic heterocycles. The summed E-state index contributed by atoms with van der Waals surface area (Å²) in [6.07, 6.45) is -2.31. The molecule has 0 saturated carbocycles. The summed E-state index contributed by atoms with van der Waals surface area (Å²) in [4.78, 5) is 3.90. The second kappa shape index (κ2) is 5.52. The van der Waals surface area contributed by atoms with Crippen LogP contribution in [0.2, 0.25) is 0 Å². The van der Waals surface area contributed by atoms with Gasteiger partial charge in [-0.05, 0) is 23.6 Å². The maximum absolute atomic E-state index is 12.9. The van der Waals surface area contributed by atoms with E-state index in [2.05, 4.69) is 10.3 Å². The van der Waals surface area contributed by atoms with Crippen LogP contribution in [0.15, 0.2) is 30.5 Å². The number of ether oxygens (including phenoxy) is 1. The Labute approximate surface area is 112 Å². The molecule has 2 rings (SSSR count). The third-order valence-corrected chi connectivity index (χ3v) is 2.78. The molecule has 0 saturated heterocycles. The molecule has 0 amide bonds. The first-order valence-corrected chi connectivity index (χ1v) is 5.76. The lowest BCUT2D eigenvalue weighted by Gasteiger charge is -2.17. The number of benzene rings is 1. The summed E-state index contributed by atoms with van der Waals surface area (Å²) in [6, 6.07) is 6.72. The minimum atomic E-state index is -4.11. The summed E-state index contributed by atoms with van der Waals surface area (Å²) in [7, 11) is 1.47. The van der Waals surface area contributed by atoms with Crippen molar-refractivity contribution < 1.29 is 22.3 Å². The summed E-state index contributed by atoms with van der Waals surface area (Å²) in [6.45, 7) is -1.19. The van der Waals surface area contributed by atoms with Crippen LogP contribution in [0.1, 0.15) is 0 Å². The molecule has 0 spiro atoms. The van der Waals surface area contributed by atoms with Crippen molar-refractivity contribution in [2.75, 3.05) is 19.0 Å². The predicted molar refractivity (Wildman–Crippen MR) is 67.7 cm³/mol. The Kier molecular flexibility index (Phi) is 3.96. The van der Waals surface area contributed by atoms with E-state index in [-0.39, 0.29) is 5.82 Å². The molecule has 108 valence electrons. The number of aromatic nitrogens is 1. The molecule has 0 atom stereocenters. The zero-order chi connectivity index (χ0) is 14.8. The molecule has 20 heavy (non-hydrogen) atoms. The number of methoxy groups -OCH3 is 1. The number of hydrogen-bond acceptors (Lipinski definition) is 3. The van der Waals surface area contributed by atoms with Gasteiger partial charge in [-0.15, -0.1) is 0 Å². The summed E-state index contributed by atoms with van der Waals surface area (Å²) >= 11 is 0. The van der Waals surface area contributed by atoms with Gasteiger partial charge in [0, 0.05) is 11.6 Å². The van der Waals surface area contributed by atoms with Crippen molar-refractivity contribution in [2.45, 2.75) is 12.3 Å². The number of nitrogens with one attached hydrogen (secondary N) is 1. The van der Waals surface area contributed by atoms with Gasteiger partial charge in [-0.25, -0.2) is 13.8 Å². The van der Waals surface area contributed by atoms with Gasteiger partial charge in [-0.1, -0.05) is 6.07 Å². The predicted octanol–water partition coefficient (Wildman–Crippen LogP) is 3.56. The Morgan fingerprint density at radius 3 is 2.70 bits per heavy atom. The van der Waals surface area contributed by atoms with Crippen LogP contribution >= 0.6 is 0 Å². The molecule has 0 unspecified atom stereocenters. The fourth-order valence-corrected chi connectivity index (χ4v) is 1.69. The number of nitrogens with zero attached hydrogens (tertiary/aromatic N) is 1. The molecule has 1 aromatic carbocycles. The Morgan fingerprint density at radius 1 is 1.30 bits per heavy atom. The number of halogens is 4. The summed E-state index contributed by atoms with van der Waals surface area (Å²) < 4.78 is 55.1. The average Bonchev–Trinajstić information content (AvgIpc) is 2.44. The first-order chi connectivity index (χ1) is 9.44. The third-order valence-electron chi connectivity index (χ3n) is 2.78. The first-order valence-electron chi connectivity index (χ1n) is 5.76. The van der Waals surface area contributed by atoms with Crippen molar-refractivity contribution in [3.05, 3.63) is 30.5 Å². The van der Waals surface area contributed by atoms with Crippen LogP contribution in [-0.4, -0.2) is 31.0 Å². The summed E-state index contributed by atoms with van der Waals surface area (Å²) in [5.41, 5.74) is 0. The number of hydrogen-bond donors (Lipinski definition) is 1. The van der Waals surface area contributed by atoms with E-state index >= 15 is 0 Å². The monoisotopic (exact) mass is 288 g/mol. The molecule has 7 heteroatoms. The summed E-state index contributed by atoms with van der Waals surface area (Å²) in [5, 5.41) is 3.53. The van der Waals surface area contributed by atoms with Gasteiger partial charge >= 0.3 is 12.3 Å². The standard InChI is InChI=1S/C13H12F4N2O/c1-20-9-3-2-8-4-5-18-11(10(8)6-9)19-7-13(16,17)12(14)15/h2-6,12H,7H2,1H3,(H,18,19). The molecule has 0 aliphatic heterocycles. The molecule has 1 N–H and O–H groups in total. The third kappa shape index (κ3) is 2.92. The smallest absolute Gasteiger partial charge is 0.324 e. The maximum Gasteiger partial charge on any atom is 0.324 e. The first kappa shape index (κ1) is 14.4. The van der Waals surface area contributed by atoms with E-state index in [0.29, 0.717) is 11.1 Å². The maximum atomic E-state index is 12.9. The van der Waals surface area contributed by atoms with Crippen molar-refractivity contribution in [3.63, 3.8) is 0 Å². The van der Waals surface area contributed by atoms with E-state index in [0.717, 1.165) is 5.39 Å². The van der Waals surface area contributed by atoms with Crippen LogP contribution in [0.5, 0.6) is 5.75 Å². The van der Waals surface area contributed by atoms with Crippen LogP contribution in [0.4, 0.5) is 23.4 Å². The number of rotatable bonds is 5. The lowest BCUT2D eigenvalue weighted by atomic mass is 10.1. The highest BCUT2D eigenvalue weighted by atomic mass is 19.3. The fraction of sp³-hybridized carbons (Fsp3) is 0.308. The molecule has 2 aromatic rings. The van der Waals surface area contributed by atoms with Crippen molar-refractivity contribution in [1.29, 1.82) is 0 Å². The number of alkyl halides is 4. The average molecular weight is 288 g/mol. The molecule has 3 nitrogen and oxygen atoms in total. The van der Waals surface area contributed by atoms with Gasteiger partial charge in [0.2, 0.25) is 0 Å². The Morgan fingerprint density at radius 2 is 2.05 bits per heavy atom. The van der Waals surface area contributed by atoms with Crippen LogP contribution in [0.3, 0.4) is 0 Å². The van der Waals surface area contributed by atoms with E-state index < -0.39 is 18.9 Å². The largest absolute Gasteiger partial charge is 0.497 e. The topological polar surface area (TPSA) is 34.1 Å². The Bertz CT molecular complexity index is 604. The normalized spacial score (nSPS) is 11.9. The Balaban J connectivity index is 2.30. The van der Waals surface area contributed by atoms with Crippen LogP contribution in [0, 0.1) is 0 Å². The second-order valence-corrected chi connectivity index (χ2v) is 4.16. The zero-order valence-corrected chi connectivity index (χ0v) is 10.5. The van der Waals surface area contributed by atoms with E-state index in [4.69, 9.17) is 4.74 Å². The van der Waals surface area contributed by atoms with Crippen LogP contribution in [0.25, 0.3) is 10.8 Å². The van der Waals surface area contributed by atoms with Gasteiger partial charge < -0.3 is 10.1 Å². The lowest BCUT2D eigenvalue weighted by Crippen LogP contribution is -2.35. The SMILES string of the molecule is COc1ccc2ccnc(NCC(F)(F)C(F)F)c2c1. The van der Waals surface area contributed by atoms with E-state index in [1.54, 1.807) is 24.3 Å². The van der Waals surface area contributed by atoms with Gasteiger partial charge in [0.05, 0.1) is 13.7 Å². The minimum absolute atomic E-state index is 0.113. The van der Waals surface area contributed by atoms with Gasteiger partial charge in [0.25, 0.3) is 0 Å². The highest BCUT2D eigenvalue weighted by molar-refractivity contribution is 5.92. The van der Waals surface area contributed by atoms with Crippen LogP contribution < -0.4 is 10.1 Å². The molecule has 0 aliphatic carbocycles. The Hall–Kier alpha value is -2.05. The van der Waals surface area contributed by atoms with E-state index in [1.165, 1.54) is 13.3 Å². The molecule has 0 fully saturated rings. The van der Waals surface area contributed by atoms with E-state index in [9.17, 15) is 17.6 Å². The van der Waals surface area contributed by atoms with Gasteiger partial charge in [-0.2, -0.15) is 8.78 Å². The van der Waals surface area contributed by atoms with Crippen molar-refractivity contribution in [3.8, 4) is 5.75 Å². The van der Waals surface area contributed by atoms with Crippen molar-refractivity contribution >= 4 is 16.6 Å². The lowest BCUT2D eigenvalue weighted by molar-refractivity contribution is -0.117. The number of anilines is 1. The highest BCUT2D eigenvalue weighted by Gasteiger charge is 2.40. The molecule has 0 bridgehead atoms. The number of fused-ring (bicyclic) bond motifs is 1. The zero-order valence-electron chi connectivity index (χ0n) is 10.5. The molecule has 0 aliphatic rings. The second-order valence-electron chi connectivity index (χ2n) is 4.16. The van der Waals surface area contributed by atoms with Gasteiger partial charge in [0.1, 0.15) is 11.6 Å². The van der Waals surface area contributed by atoms with Crippen LogP contribution in [-0.2, 0) is 0 Å². The molecule has 0 radical (unpaired) electrons. The highest BCUT2D eigenvalue weighted by Crippen LogP contribution is 2.28.